The fourth-order valence-electron chi connectivity index (χ4n) is 3.62. The topological polar surface area (TPSA) is 99.6 Å². The SMILES string of the molecule is CC(C)(C)c1cc(C(=O)CN2Cc3ccccc3C2=N)cc(OCCCCN)c1O. The zero-order valence-electron chi connectivity index (χ0n) is 18.0. The molecule has 1 aliphatic heterocycles. The van der Waals surface area contributed by atoms with Gasteiger partial charge in [0.05, 0.1) is 13.2 Å². The van der Waals surface area contributed by atoms with E-state index in [0.29, 0.717) is 42.4 Å². The van der Waals surface area contributed by atoms with Crippen molar-refractivity contribution in [3.63, 3.8) is 0 Å². The van der Waals surface area contributed by atoms with Gasteiger partial charge in [-0.2, -0.15) is 0 Å². The maximum atomic E-state index is 13.1. The van der Waals surface area contributed by atoms with E-state index in [1.54, 1.807) is 17.0 Å². The third-order valence-electron chi connectivity index (χ3n) is 5.35. The number of phenolic OH excluding ortho intramolecular Hbond substituents is 1. The summed E-state index contributed by atoms with van der Waals surface area (Å²) in [4.78, 5) is 14.9. The standard InChI is InChI=1S/C24H31N3O3/c1-24(2,3)19-12-17(13-21(22(19)29)30-11-7-6-10-25)20(28)15-27-14-16-8-4-5-9-18(16)23(27)26/h4-5,8-9,12-13,26,29H,6-7,10-11,14-15,25H2,1-3H3. The molecule has 4 N–H and O–H groups in total. The maximum Gasteiger partial charge on any atom is 0.182 e. The Morgan fingerprint density at radius 1 is 1.23 bits per heavy atom. The fraction of sp³-hybridized carbons (Fsp3) is 0.417. The summed E-state index contributed by atoms with van der Waals surface area (Å²) in [7, 11) is 0. The molecule has 0 radical (unpaired) electrons. The number of hydrogen-bond donors (Lipinski definition) is 3. The van der Waals surface area contributed by atoms with E-state index >= 15 is 0 Å². The molecule has 0 aliphatic carbocycles. The van der Waals surface area contributed by atoms with Crippen molar-refractivity contribution in [3.8, 4) is 11.5 Å². The van der Waals surface area contributed by atoms with Crippen molar-refractivity contribution in [1.82, 2.24) is 4.90 Å². The number of unbranched alkanes of at least 4 members (excludes halogenated alkanes) is 1. The van der Waals surface area contributed by atoms with E-state index in [1.807, 2.05) is 45.0 Å². The second-order valence-corrected chi connectivity index (χ2v) is 8.75. The quantitative estimate of drug-likeness (QED) is 0.454. The van der Waals surface area contributed by atoms with E-state index in [4.69, 9.17) is 15.9 Å². The van der Waals surface area contributed by atoms with Crippen LogP contribution in [-0.2, 0) is 12.0 Å². The highest BCUT2D eigenvalue weighted by Gasteiger charge is 2.28. The van der Waals surface area contributed by atoms with E-state index in [1.165, 1.54) is 0 Å². The number of hydrogen-bond acceptors (Lipinski definition) is 5. The first kappa shape index (κ1) is 21.8. The van der Waals surface area contributed by atoms with E-state index < -0.39 is 0 Å². The van der Waals surface area contributed by atoms with Crippen LogP contribution >= 0.6 is 0 Å². The molecule has 160 valence electrons. The lowest BCUT2D eigenvalue weighted by Gasteiger charge is -2.24. The first-order valence-corrected chi connectivity index (χ1v) is 10.4. The van der Waals surface area contributed by atoms with E-state index in [-0.39, 0.29) is 23.5 Å². The summed E-state index contributed by atoms with van der Waals surface area (Å²) in [5, 5.41) is 19.1. The van der Waals surface area contributed by atoms with Gasteiger partial charge in [-0.1, -0.05) is 45.0 Å². The smallest absolute Gasteiger partial charge is 0.182 e. The lowest BCUT2D eigenvalue weighted by molar-refractivity contribution is 0.0962. The number of carbonyl (C=O) groups is 1. The summed E-state index contributed by atoms with van der Waals surface area (Å²) in [6, 6.07) is 11.1. The van der Waals surface area contributed by atoms with Gasteiger partial charge < -0.3 is 20.5 Å². The van der Waals surface area contributed by atoms with Crippen LogP contribution in [0.15, 0.2) is 36.4 Å². The Labute approximate surface area is 178 Å². The number of ketones is 1. The van der Waals surface area contributed by atoms with Gasteiger partial charge in [-0.3, -0.25) is 10.2 Å². The number of aromatic hydroxyl groups is 1. The molecule has 0 aromatic heterocycles. The first-order valence-electron chi connectivity index (χ1n) is 10.4. The average molecular weight is 410 g/mol. The van der Waals surface area contributed by atoms with Gasteiger partial charge in [0, 0.05) is 23.2 Å². The number of carbonyl (C=O) groups excluding carboxylic acids is 1. The van der Waals surface area contributed by atoms with Crippen LogP contribution in [0.25, 0.3) is 0 Å². The lowest BCUT2D eigenvalue weighted by Crippen LogP contribution is -2.30. The largest absolute Gasteiger partial charge is 0.504 e. The Balaban J connectivity index is 1.83. The molecule has 2 aromatic carbocycles. The normalized spacial score (nSPS) is 13.5. The maximum absolute atomic E-state index is 13.1. The summed E-state index contributed by atoms with van der Waals surface area (Å²) in [6.45, 7) is 7.63. The van der Waals surface area contributed by atoms with Gasteiger partial charge in [0.1, 0.15) is 5.84 Å². The van der Waals surface area contributed by atoms with E-state index in [9.17, 15) is 9.90 Å². The van der Waals surface area contributed by atoms with Gasteiger partial charge in [-0.05, 0) is 42.5 Å². The summed E-state index contributed by atoms with van der Waals surface area (Å²) in [5.41, 5.74) is 8.25. The van der Waals surface area contributed by atoms with E-state index in [0.717, 1.165) is 24.0 Å². The molecule has 1 aliphatic rings. The Morgan fingerprint density at radius 3 is 2.63 bits per heavy atom. The molecule has 1 heterocycles. The number of nitrogens with two attached hydrogens (primary N) is 1. The predicted molar refractivity (Wildman–Crippen MR) is 119 cm³/mol. The summed E-state index contributed by atoms with van der Waals surface area (Å²) in [5.74, 6) is 0.660. The van der Waals surface area contributed by atoms with Crippen LogP contribution in [-0.4, -0.2) is 41.3 Å². The number of nitrogens with zero attached hydrogens (tertiary/aromatic N) is 1. The Bertz CT molecular complexity index is 947. The number of amidine groups is 1. The molecular weight excluding hydrogens is 378 g/mol. The highest BCUT2D eigenvalue weighted by atomic mass is 16.5. The van der Waals surface area contributed by atoms with Crippen LogP contribution in [0.4, 0.5) is 0 Å². The number of rotatable bonds is 8. The van der Waals surface area contributed by atoms with Crippen molar-refractivity contribution in [3.05, 3.63) is 58.7 Å². The minimum absolute atomic E-state index is 0.0770. The van der Waals surface area contributed by atoms with Gasteiger partial charge >= 0.3 is 0 Å². The summed E-state index contributed by atoms with van der Waals surface area (Å²) < 4.78 is 5.79. The number of benzene rings is 2. The molecule has 0 fully saturated rings. The molecule has 0 spiro atoms. The molecule has 0 saturated carbocycles. The Kier molecular flexibility index (Phi) is 6.46. The zero-order valence-corrected chi connectivity index (χ0v) is 18.0. The lowest BCUT2D eigenvalue weighted by atomic mass is 9.84. The second kappa shape index (κ2) is 8.88. The first-order chi connectivity index (χ1) is 14.2. The Hall–Kier alpha value is -2.86. The second-order valence-electron chi connectivity index (χ2n) is 8.75. The minimum Gasteiger partial charge on any atom is -0.504 e. The molecule has 0 atom stereocenters. The van der Waals surface area contributed by atoms with Crippen LogP contribution < -0.4 is 10.5 Å². The molecule has 2 aromatic rings. The fourth-order valence-corrected chi connectivity index (χ4v) is 3.62. The number of Topliss-reactive ketones (excluding diaryl/α,β-unsaturated/α-hetero) is 1. The van der Waals surface area contributed by atoms with E-state index in [2.05, 4.69) is 0 Å². The molecule has 30 heavy (non-hydrogen) atoms. The minimum atomic E-state index is -0.355. The van der Waals surface area contributed by atoms with Crippen molar-refractivity contribution >= 4 is 11.6 Å². The monoisotopic (exact) mass is 409 g/mol. The van der Waals surface area contributed by atoms with Crippen molar-refractivity contribution in [2.24, 2.45) is 5.73 Å². The number of phenols is 1. The molecule has 3 rings (SSSR count). The molecule has 6 heteroatoms. The highest BCUT2D eigenvalue weighted by Crippen LogP contribution is 2.39. The van der Waals surface area contributed by atoms with Crippen LogP contribution in [0.2, 0.25) is 0 Å². The van der Waals surface area contributed by atoms with Gasteiger partial charge in [-0.15, -0.1) is 0 Å². The molecule has 0 saturated heterocycles. The van der Waals surface area contributed by atoms with Gasteiger partial charge in [0.15, 0.2) is 17.3 Å². The predicted octanol–water partition coefficient (Wildman–Crippen LogP) is 3.83. The molecule has 0 unspecified atom stereocenters. The summed E-state index contributed by atoms with van der Waals surface area (Å²) >= 11 is 0. The van der Waals surface area contributed by atoms with Crippen LogP contribution in [0.3, 0.4) is 0 Å². The van der Waals surface area contributed by atoms with Gasteiger partial charge in [-0.25, -0.2) is 0 Å². The zero-order chi connectivity index (χ0) is 21.9. The Morgan fingerprint density at radius 2 is 1.97 bits per heavy atom. The summed E-state index contributed by atoms with van der Waals surface area (Å²) in [6.07, 6.45) is 1.62. The highest BCUT2D eigenvalue weighted by molar-refractivity contribution is 6.05. The van der Waals surface area contributed by atoms with Crippen molar-refractivity contribution < 1.29 is 14.6 Å². The van der Waals surface area contributed by atoms with Crippen LogP contribution in [0, 0.1) is 5.41 Å². The van der Waals surface area contributed by atoms with Crippen LogP contribution in [0.1, 0.15) is 60.7 Å². The number of nitrogens with one attached hydrogen (secondary N) is 1. The number of fused-ring (bicyclic) bond motifs is 1. The molecule has 6 nitrogen and oxygen atoms in total. The van der Waals surface area contributed by atoms with Crippen molar-refractivity contribution in [2.45, 2.75) is 45.6 Å². The molecular formula is C24H31N3O3. The number of ether oxygens (including phenoxy) is 1. The average Bonchev–Trinajstić information content (AvgIpc) is 3.01. The van der Waals surface area contributed by atoms with Gasteiger partial charge in [0.2, 0.25) is 0 Å². The van der Waals surface area contributed by atoms with Crippen molar-refractivity contribution in [2.75, 3.05) is 19.7 Å². The van der Waals surface area contributed by atoms with Crippen molar-refractivity contribution in [1.29, 1.82) is 5.41 Å². The third kappa shape index (κ3) is 4.65. The third-order valence-corrected chi connectivity index (χ3v) is 5.35. The molecule has 0 bridgehead atoms. The van der Waals surface area contributed by atoms with Gasteiger partial charge in [0.25, 0.3) is 0 Å². The molecule has 0 amide bonds. The van der Waals surface area contributed by atoms with Crippen LogP contribution in [0.5, 0.6) is 11.5 Å².